The molecule has 3 aromatic heterocycles. The standard InChI is InChI=1S/C43H53N9O6S/c1-9-37(53)46-32-17-29(18-36(59(56,57)25(2)3)38(32)50-13-12-49(21-26(50)4)30-23-58-24-30)45-39-42(55)48(8)22-33(47-39)31-10-11-44-40(27(31)5)52-15-14-51-34(41(52)54)16-28-19-43(6,7)20-35(28)51/h9-11,16-18,22,25-26,30H,1,12-15,19-21,23-24H2,2-8H3,(H,45,47)(H,46,53)/t26-/m0/s1. The number of carbonyl (C=O) groups excluding carboxylic acids is 2. The van der Waals surface area contributed by atoms with E-state index in [0.717, 1.165) is 24.5 Å². The topological polar surface area (TPSA) is 164 Å². The number of carbonyl (C=O) groups is 2. The lowest BCUT2D eigenvalue weighted by molar-refractivity contribution is -0.111. The van der Waals surface area contributed by atoms with E-state index >= 15 is 0 Å². The minimum atomic E-state index is -3.94. The van der Waals surface area contributed by atoms with E-state index < -0.39 is 26.6 Å². The first-order chi connectivity index (χ1) is 28.0. The second-order valence-corrected chi connectivity index (χ2v) is 19.8. The van der Waals surface area contributed by atoms with Crippen LogP contribution in [0.4, 0.5) is 28.7 Å². The number of anilines is 5. The number of hydrogen-bond donors (Lipinski definition) is 2. The lowest BCUT2D eigenvalue weighted by Crippen LogP contribution is -2.59. The van der Waals surface area contributed by atoms with Gasteiger partial charge < -0.3 is 29.4 Å². The van der Waals surface area contributed by atoms with Crippen LogP contribution in [0, 0.1) is 12.3 Å². The monoisotopic (exact) mass is 823 g/mol. The molecule has 59 heavy (non-hydrogen) atoms. The van der Waals surface area contributed by atoms with Gasteiger partial charge >= 0.3 is 0 Å². The van der Waals surface area contributed by atoms with E-state index in [2.05, 4.69) is 45.5 Å². The maximum atomic E-state index is 14.2. The summed E-state index contributed by atoms with van der Waals surface area (Å²) in [5.74, 6) is -0.157. The number of amides is 2. The number of nitrogens with zero attached hydrogens (tertiary/aromatic N) is 7. The Kier molecular flexibility index (Phi) is 10.3. The van der Waals surface area contributed by atoms with Gasteiger partial charge in [0.05, 0.1) is 46.5 Å². The third-order valence-corrected chi connectivity index (χ3v) is 14.4. The van der Waals surface area contributed by atoms with Crippen molar-refractivity contribution in [1.29, 1.82) is 0 Å². The molecule has 2 amide bonds. The Bertz CT molecular complexity index is 2560. The molecule has 0 unspecified atom stereocenters. The molecule has 0 radical (unpaired) electrons. The van der Waals surface area contributed by atoms with Crippen LogP contribution in [0.2, 0.25) is 0 Å². The van der Waals surface area contributed by atoms with Gasteiger partial charge in [0, 0.05) is 80.7 Å². The van der Waals surface area contributed by atoms with Gasteiger partial charge in [-0.15, -0.1) is 0 Å². The SMILES string of the molecule is C=CC(=O)Nc1cc(Nc2nc(-c3ccnc(N4CCn5c(cc6c5CC(C)(C)C6)C4=O)c3C)cn(C)c2=O)cc(S(=O)(=O)C(C)C)c1N1CCN(C2COC2)C[C@@H]1C. The van der Waals surface area contributed by atoms with Crippen molar-refractivity contribution in [3.8, 4) is 11.3 Å². The van der Waals surface area contributed by atoms with Crippen LogP contribution < -0.4 is 26.0 Å². The van der Waals surface area contributed by atoms with E-state index in [1.54, 1.807) is 50.3 Å². The Morgan fingerprint density at radius 3 is 2.53 bits per heavy atom. The van der Waals surface area contributed by atoms with Crippen molar-refractivity contribution < 1.29 is 22.7 Å². The fourth-order valence-corrected chi connectivity index (χ4v) is 10.2. The van der Waals surface area contributed by atoms with Crippen LogP contribution in [0.1, 0.15) is 61.9 Å². The molecule has 4 aromatic rings. The molecule has 0 spiro atoms. The Morgan fingerprint density at radius 1 is 1.08 bits per heavy atom. The summed E-state index contributed by atoms with van der Waals surface area (Å²) < 4.78 is 37.4. The fourth-order valence-electron chi connectivity index (χ4n) is 8.95. The van der Waals surface area contributed by atoms with Crippen molar-refractivity contribution in [3.63, 3.8) is 0 Å². The number of fused-ring (bicyclic) bond motifs is 3. The van der Waals surface area contributed by atoms with Gasteiger partial charge in [0.25, 0.3) is 11.5 Å². The van der Waals surface area contributed by atoms with Crippen LogP contribution in [-0.2, 0) is 45.8 Å². The third kappa shape index (κ3) is 7.24. The van der Waals surface area contributed by atoms with Crippen molar-refractivity contribution in [2.45, 2.75) is 83.2 Å². The van der Waals surface area contributed by atoms with Gasteiger partial charge in [-0.2, -0.15) is 0 Å². The molecule has 6 heterocycles. The van der Waals surface area contributed by atoms with E-state index in [1.165, 1.54) is 21.9 Å². The summed E-state index contributed by atoms with van der Waals surface area (Å²) >= 11 is 0. The van der Waals surface area contributed by atoms with Gasteiger partial charge in [0.1, 0.15) is 11.5 Å². The molecule has 0 bridgehead atoms. The summed E-state index contributed by atoms with van der Waals surface area (Å²) in [5, 5.41) is 5.19. The van der Waals surface area contributed by atoms with Crippen LogP contribution in [0.5, 0.6) is 0 Å². The highest BCUT2D eigenvalue weighted by Gasteiger charge is 2.39. The molecule has 15 nitrogen and oxygen atoms in total. The summed E-state index contributed by atoms with van der Waals surface area (Å²) in [6.07, 6.45) is 6.27. The average molecular weight is 824 g/mol. The number of hydrogen-bond acceptors (Lipinski definition) is 11. The van der Waals surface area contributed by atoms with E-state index in [4.69, 9.17) is 9.72 Å². The fraction of sp³-hybridized carbons (Fsp3) is 0.465. The van der Waals surface area contributed by atoms with Gasteiger partial charge in [-0.25, -0.2) is 18.4 Å². The zero-order valence-electron chi connectivity index (χ0n) is 34.8. The molecule has 8 rings (SSSR count). The highest BCUT2D eigenvalue weighted by molar-refractivity contribution is 7.92. The summed E-state index contributed by atoms with van der Waals surface area (Å²) in [7, 11) is -2.32. The molecule has 312 valence electrons. The molecule has 2 saturated heterocycles. The average Bonchev–Trinajstić information content (AvgIpc) is 3.65. The zero-order valence-corrected chi connectivity index (χ0v) is 35.6. The second-order valence-electron chi connectivity index (χ2n) is 17.3. The normalized spacial score (nSPS) is 19.4. The molecule has 2 fully saturated rings. The van der Waals surface area contributed by atoms with Crippen LogP contribution >= 0.6 is 0 Å². The molecule has 4 aliphatic rings. The predicted octanol–water partition coefficient (Wildman–Crippen LogP) is 4.70. The Labute approximate surface area is 345 Å². The van der Waals surface area contributed by atoms with Crippen molar-refractivity contribution in [3.05, 3.63) is 82.2 Å². The van der Waals surface area contributed by atoms with Gasteiger partial charge in [-0.05, 0) is 81.9 Å². The predicted molar refractivity (Wildman–Crippen MR) is 229 cm³/mol. The number of aromatic nitrogens is 4. The Morgan fingerprint density at radius 2 is 1.85 bits per heavy atom. The summed E-state index contributed by atoms with van der Waals surface area (Å²) in [5.41, 5.74) is 5.61. The maximum Gasteiger partial charge on any atom is 0.293 e. The zero-order chi connectivity index (χ0) is 42.1. The summed E-state index contributed by atoms with van der Waals surface area (Å²) in [6, 6.07) is 7.22. The van der Waals surface area contributed by atoms with Gasteiger partial charge in [-0.3, -0.25) is 24.2 Å². The third-order valence-electron chi connectivity index (χ3n) is 12.2. The first kappa shape index (κ1) is 40.5. The number of nitrogens with one attached hydrogen (secondary N) is 2. The molecular weight excluding hydrogens is 771 g/mol. The minimum Gasteiger partial charge on any atom is -0.378 e. The number of sulfone groups is 1. The number of piperazine rings is 1. The quantitative estimate of drug-likeness (QED) is 0.213. The number of benzene rings is 1. The summed E-state index contributed by atoms with van der Waals surface area (Å²) in [6.45, 7) is 19.7. The second kappa shape index (κ2) is 15.1. The molecule has 1 aromatic carbocycles. The lowest BCUT2D eigenvalue weighted by Gasteiger charge is -2.47. The Hall–Kier alpha value is -5.32. The number of ether oxygens (including phenoxy) is 1. The van der Waals surface area contributed by atoms with E-state index in [9.17, 15) is 22.8 Å². The largest absolute Gasteiger partial charge is 0.378 e. The number of rotatable bonds is 10. The highest BCUT2D eigenvalue weighted by atomic mass is 32.2. The van der Waals surface area contributed by atoms with Crippen LogP contribution in [0.25, 0.3) is 11.3 Å². The van der Waals surface area contributed by atoms with Gasteiger partial charge in [-0.1, -0.05) is 20.4 Å². The molecule has 0 saturated carbocycles. The smallest absolute Gasteiger partial charge is 0.293 e. The van der Waals surface area contributed by atoms with Gasteiger partial charge in [0.2, 0.25) is 5.91 Å². The molecular formula is C43H53N9O6S. The molecule has 2 N–H and O–H groups in total. The van der Waals surface area contributed by atoms with E-state index in [-0.39, 0.29) is 39.5 Å². The van der Waals surface area contributed by atoms with Crippen molar-refractivity contribution in [1.82, 2.24) is 24.0 Å². The molecule has 1 atom stereocenters. The lowest BCUT2D eigenvalue weighted by atomic mass is 9.90. The highest BCUT2D eigenvalue weighted by Crippen LogP contribution is 2.42. The van der Waals surface area contributed by atoms with Crippen molar-refractivity contribution in [2.24, 2.45) is 12.5 Å². The molecule has 1 aliphatic carbocycles. The first-order valence-electron chi connectivity index (χ1n) is 20.2. The molecule has 16 heteroatoms. The van der Waals surface area contributed by atoms with E-state index in [1.807, 2.05) is 24.8 Å². The van der Waals surface area contributed by atoms with Crippen LogP contribution in [0.3, 0.4) is 0 Å². The first-order valence-corrected chi connectivity index (χ1v) is 21.8. The van der Waals surface area contributed by atoms with Crippen LogP contribution in [-0.4, -0.2) is 101 Å². The number of pyridine rings is 1. The Balaban J connectivity index is 1.16. The maximum absolute atomic E-state index is 14.2. The minimum absolute atomic E-state index is 0.0259. The van der Waals surface area contributed by atoms with Crippen molar-refractivity contribution >= 4 is 50.3 Å². The number of aryl methyl sites for hydroxylation is 1. The van der Waals surface area contributed by atoms with Gasteiger partial charge in [0.15, 0.2) is 15.7 Å². The molecule has 3 aliphatic heterocycles. The van der Waals surface area contributed by atoms with Crippen molar-refractivity contribution in [2.75, 3.05) is 59.8 Å². The summed E-state index contributed by atoms with van der Waals surface area (Å²) in [4.78, 5) is 56.2. The van der Waals surface area contributed by atoms with E-state index in [0.29, 0.717) is 80.4 Å². The van der Waals surface area contributed by atoms with Crippen LogP contribution in [0.15, 0.2) is 59.0 Å².